The molecule has 0 fully saturated rings. The Balaban J connectivity index is 3.93. The van der Waals surface area contributed by atoms with Gasteiger partial charge in [0.25, 0.3) is 0 Å². The molecule has 0 aliphatic carbocycles. The summed E-state index contributed by atoms with van der Waals surface area (Å²) in [5, 5.41) is 0. The summed E-state index contributed by atoms with van der Waals surface area (Å²) in [6, 6.07) is 0. The molecule has 0 heterocycles. The van der Waals surface area contributed by atoms with E-state index in [-0.39, 0.29) is 0 Å². The third-order valence-electron chi connectivity index (χ3n) is 4.53. The van der Waals surface area contributed by atoms with Gasteiger partial charge in [-0.25, -0.2) is 0 Å². The van der Waals surface area contributed by atoms with E-state index in [0.717, 1.165) is 11.8 Å². The van der Waals surface area contributed by atoms with Crippen LogP contribution in [-0.2, 0) is 0 Å². The van der Waals surface area contributed by atoms with Gasteiger partial charge in [0.1, 0.15) is 0 Å². The molecular formula is C16H34. The maximum atomic E-state index is 2.48. The summed E-state index contributed by atoms with van der Waals surface area (Å²) >= 11 is 0. The van der Waals surface area contributed by atoms with Gasteiger partial charge in [0.15, 0.2) is 0 Å². The van der Waals surface area contributed by atoms with Crippen LogP contribution in [0.15, 0.2) is 0 Å². The normalized spacial score (nSPS) is 17.4. The monoisotopic (exact) mass is 226 g/mol. The molecule has 0 spiro atoms. The van der Waals surface area contributed by atoms with Gasteiger partial charge in [-0.15, -0.1) is 0 Å². The van der Waals surface area contributed by atoms with Crippen molar-refractivity contribution in [3.05, 3.63) is 0 Å². The zero-order valence-electron chi connectivity index (χ0n) is 12.6. The molecule has 0 aromatic carbocycles. The van der Waals surface area contributed by atoms with Crippen molar-refractivity contribution in [1.82, 2.24) is 0 Å². The maximum absolute atomic E-state index is 2.48. The molecule has 2 unspecified atom stereocenters. The van der Waals surface area contributed by atoms with Crippen LogP contribution >= 0.6 is 0 Å². The fourth-order valence-corrected chi connectivity index (χ4v) is 2.88. The van der Waals surface area contributed by atoms with E-state index in [9.17, 15) is 0 Å². The number of rotatable bonds is 9. The van der Waals surface area contributed by atoms with Crippen molar-refractivity contribution in [2.45, 2.75) is 86.5 Å². The molecule has 0 heteroatoms. The molecule has 0 saturated carbocycles. The second-order valence-electron chi connectivity index (χ2n) is 6.22. The van der Waals surface area contributed by atoms with Crippen molar-refractivity contribution in [2.75, 3.05) is 0 Å². The van der Waals surface area contributed by atoms with Crippen LogP contribution in [0.2, 0.25) is 0 Å². The minimum absolute atomic E-state index is 0.615. The van der Waals surface area contributed by atoms with Crippen molar-refractivity contribution in [2.24, 2.45) is 17.3 Å². The first-order chi connectivity index (χ1) is 7.49. The van der Waals surface area contributed by atoms with Crippen LogP contribution in [0.1, 0.15) is 86.5 Å². The number of hydrogen-bond acceptors (Lipinski definition) is 0. The Kier molecular flexibility index (Phi) is 8.14. The third kappa shape index (κ3) is 5.92. The van der Waals surface area contributed by atoms with E-state index in [1.165, 1.54) is 44.9 Å². The average molecular weight is 226 g/mol. The summed E-state index contributed by atoms with van der Waals surface area (Å²) in [7, 11) is 0. The summed E-state index contributed by atoms with van der Waals surface area (Å²) in [6.45, 7) is 14.2. The second-order valence-corrected chi connectivity index (χ2v) is 6.22. The molecule has 0 aliphatic heterocycles. The van der Waals surface area contributed by atoms with Gasteiger partial charge in [-0.1, -0.05) is 73.6 Å². The molecule has 0 aliphatic rings. The van der Waals surface area contributed by atoms with E-state index in [1.54, 1.807) is 0 Å². The Hall–Kier alpha value is 0. The first kappa shape index (κ1) is 16.0. The lowest BCUT2D eigenvalue weighted by Crippen LogP contribution is -2.16. The molecule has 0 N–H and O–H groups in total. The Bertz CT molecular complexity index is 159. The zero-order chi connectivity index (χ0) is 12.6. The lowest BCUT2D eigenvalue weighted by molar-refractivity contribution is 0.231. The highest BCUT2D eigenvalue weighted by Gasteiger charge is 2.21. The minimum atomic E-state index is 0.615. The summed E-state index contributed by atoms with van der Waals surface area (Å²) in [4.78, 5) is 0. The van der Waals surface area contributed by atoms with Crippen LogP contribution in [0.4, 0.5) is 0 Å². The van der Waals surface area contributed by atoms with Gasteiger partial charge in [-0.3, -0.25) is 0 Å². The summed E-state index contributed by atoms with van der Waals surface area (Å²) in [5.74, 6) is 1.81. The van der Waals surface area contributed by atoms with Crippen LogP contribution in [0.25, 0.3) is 0 Å². The van der Waals surface area contributed by atoms with E-state index in [4.69, 9.17) is 0 Å². The number of hydrogen-bond donors (Lipinski definition) is 0. The lowest BCUT2D eigenvalue weighted by atomic mass is 9.77. The molecule has 0 aromatic heterocycles. The highest BCUT2D eigenvalue weighted by molar-refractivity contribution is 4.73. The summed E-state index contributed by atoms with van der Waals surface area (Å²) in [5.41, 5.74) is 0.615. The molecule has 0 saturated heterocycles. The van der Waals surface area contributed by atoms with Crippen molar-refractivity contribution < 1.29 is 0 Å². The lowest BCUT2D eigenvalue weighted by Gasteiger charge is -2.29. The highest BCUT2D eigenvalue weighted by atomic mass is 14.3. The van der Waals surface area contributed by atoms with Gasteiger partial charge in [-0.05, 0) is 30.1 Å². The molecule has 16 heavy (non-hydrogen) atoms. The minimum Gasteiger partial charge on any atom is -0.0654 e. The molecular weight excluding hydrogens is 192 g/mol. The maximum Gasteiger partial charge on any atom is -0.0329 e. The van der Waals surface area contributed by atoms with E-state index in [1.807, 2.05) is 0 Å². The Labute approximate surface area is 104 Å². The predicted molar refractivity (Wildman–Crippen MR) is 75.8 cm³/mol. The van der Waals surface area contributed by atoms with Crippen LogP contribution < -0.4 is 0 Å². The zero-order valence-corrected chi connectivity index (χ0v) is 12.6. The Morgan fingerprint density at radius 1 is 1.00 bits per heavy atom. The largest absolute Gasteiger partial charge is 0.0654 e. The predicted octanol–water partition coefficient (Wildman–Crippen LogP) is 6.06. The molecule has 0 rings (SSSR count). The molecule has 98 valence electrons. The van der Waals surface area contributed by atoms with Gasteiger partial charge < -0.3 is 0 Å². The SMILES string of the molecule is CCCC(C)(CC)CCCC(CC)C(C)C. The first-order valence-corrected chi connectivity index (χ1v) is 7.49. The fraction of sp³-hybridized carbons (Fsp3) is 1.00. The van der Waals surface area contributed by atoms with E-state index in [0.29, 0.717) is 5.41 Å². The molecule has 0 amide bonds. The molecule has 0 nitrogen and oxygen atoms in total. The van der Waals surface area contributed by atoms with Gasteiger partial charge in [0.05, 0.1) is 0 Å². The standard InChI is InChI=1S/C16H34/c1-7-12-16(6,9-3)13-10-11-15(8-2)14(4)5/h14-15H,7-13H2,1-6H3. The summed E-state index contributed by atoms with van der Waals surface area (Å²) in [6.07, 6.45) is 9.75. The van der Waals surface area contributed by atoms with Gasteiger partial charge in [0.2, 0.25) is 0 Å². The fourth-order valence-electron chi connectivity index (χ4n) is 2.88. The van der Waals surface area contributed by atoms with Crippen molar-refractivity contribution in [3.8, 4) is 0 Å². The van der Waals surface area contributed by atoms with Gasteiger partial charge in [-0.2, -0.15) is 0 Å². The topological polar surface area (TPSA) is 0 Å². The van der Waals surface area contributed by atoms with Crippen molar-refractivity contribution in [3.63, 3.8) is 0 Å². The van der Waals surface area contributed by atoms with Gasteiger partial charge >= 0.3 is 0 Å². The van der Waals surface area contributed by atoms with Crippen LogP contribution in [0, 0.1) is 17.3 Å². The Morgan fingerprint density at radius 3 is 2.00 bits per heavy atom. The van der Waals surface area contributed by atoms with E-state index < -0.39 is 0 Å². The Morgan fingerprint density at radius 2 is 1.62 bits per heavy atom. The van der Waals surface area contributed by atoms with Crippen LogP contribution in [-0.4, -0.2) is 0 Å². The molecule has 2 atom stereocenters. The van der Waals surface area contributed by atoms with Crippen LogP contribution in [0.5, 0.6) is 0 Å². The quantitative estimate of drug-likeness (QED) is 0.448. The average Bonchev–Trinajstić information content (AvgIpc) is 2.24. The summed E-state index contributed by atoms with van der Waals surface area (Å²) < 4.78 is 0. The van der Waals surface area contributed by atoms with Crippen LogP contribution in [0.3, 0.4) is 0 Å². The molecule has 0 aromatic rings. The van der Waals surface area contributed by atoms with E-state index in [2.05, 4.69) is 41.5 Å². The molecule has 0 bridgehead atoms. The van der Waals surface area contributed by atoms with Crippen molar-refractivity contribution in [1.29, 1.82) is 0 Å². The van der Waals surface area contributed by atoms with Crippen molar-refractivity contribution >= 4 is 0 Å². The second kappa shape index (κ2) is 8.14. The highest BCUT2D eigenvalue weighted by Crippen LogP contribution is 2.34. The van der Waals surface area contributed by atoms with E-state index >= 15 is 0 Å². The van der Waals surface area contributed by atoms with Gasteiger partial charge in [0, 0.05) is 0 Å². The smallest absolute Gasteiger partial charge is 0.0329 e. The first-order valence-electron chi connectivity index (χ1n) is 7.49. The third-order valence-corrected chi connectivity index (χ3v) is 4.53. The molecule has 0 radical (unpaired) electrons.